The maximum absolute atomic E-state index is 13.2. The van der Waals surface area contributed by atoms with Crippen molar-refractivity contribution in [2.24, 2.45) is 0 Å². The van der Waals surface area contributed by atoms with Gasteiger partial charge in [0, 0.05) is 5.56 Å². The molecule has 8 nitrogen and oxygen atoms in total. The van der Waals surface area contributed by atoms with Gasteiger partial charge in [0.1, 0.15) is 11.4 Å². The maximum Gasteiger partial charge on any atom is 0.573 e. The normalized spacial score (nSPS) is 11.5. The number of ether oxygens (including phenoxy) is 1. The van der Waals surface area contributed by atoms with E-state index in [0.29, 0.717) is 0 Å². The summed E-state index contributed by atoms with van der Waals surface area (Å²) in [7, 11) is 0. The van der Waals surface area contributed by atoms with Crippen molar-refractivity contribution in [3.8, 4) is 11.5 Å². The highest BCUT2D eigenvalue weighted by atomic mass is 35.5. The molecule has 0 bridgehead atoms. The number of hydrogen-bond donors (Lipinski definition) is 2. The van der Waals surface area contributed by atoms with E-state index in [4.69, 9.17) is 23.2 Å². The van der Waals surface area contributed by atoms with Crippen molar-refractivity contribution in [2.45, 2.75) is 12.9 Å². The van der Waals surface area contributed by atoms with Crippen LogP contribution in [0.15, 0.2) is 59.7 Å². The minimum absolute atomic E-state index is 0.00791. The number of pyridine rings is 1. The number of fused-ring (bicyclic) bond motifs is 1. The molecular formula is C22H13Cl2F3N4O4. The summed E-state index contributed by atoms with van der Waals surface area (Å²) in [4.78, 5) is 33.9. The Kier molecular flexibility index (Phi) is 6.55. The van der Waals surface area contributed by atoms with Crippen LogP contribution in [0.4, 0.5) is 18.9 Å². The third-order valence-electron chi connectivity index (χ3n) is 4.78. The van der Waals surface area contributed by atoms with Gasteiger partial charge in [0.15, 0.2) is 10.9 Å². The lowest BCUT2D eigenvalue weighted by atomic mass is 10.1. The first-order valence-electron chi connectivity index (χ1n) is 9.71. The van der Waals surface area contributed by atoms with Gasteiger partial charge in [-0.15, -0.1) is 13.2 Å². The molecule has 0 saturated heterocycles. The van der Waals surface area contributed by atoms with Crippen molar-refractivity contribution < 1.29 is 27.8 Å². The molecule has 2 aromatic heterocycles. The standard InChI is InChI=1S/C22H13Cl2F3N4O4/c23-12-8-15(29-19(24)18(12)32)20(33)30-14-6-3-5-13-17(14)21(34)31(10-28-13)9-11-4-1-2-7-16(11)35-22(25,26)27/h1-8,10,32H,9H2,(H,30,33). The highest BCUT2D eigenvalue weighted by Gasteiger charge is 2.32. The van der Waals surface area contributed by atoms with Crippen molar-refractivity contribution in [3.63, 3.8) is 0 Å². The number of nitrogens with zero attached hydrogens (tertiary/aromatic N) is 3. The van der Waals surface area contributed by atoms with Crippen LogP contribution in [-0.4, -0.2) is 31.9 Å². The molecule has 4 aromatic rings. The van der Waals surface area contributed by atoms with Crippen LogP contribution in [0.1, 0.15) is 16.1 Å². The van der Waals surface area contributed by atoms with Gasteiger partial charge in [-0.3, -0.25) is 14.2 Å². The van der Waals surface area contributed by atoms with Crippen molar-refractivity contribution in [1.82, 2.24) is 14.5 Å². The molecule has 0 unspecified atom stereocenters. The second kappa shape index (κ2) is 9.43. The zero-order chi connectivity index (χ0) is 25.3. The molecule has 2 aromatic carbocycles. The Labute approximate surface area is 204 Å². The molecular weight excluding hydrogens is 512 g/mol. The number of carbonyl (C=O) groups is 1. The largest absolute Gasteiger partial charge is 0.573 e. The average Bonchev–Trinajstić information content (AvgIpc) is 2.79. The summed E-state index contributed by atoms with van der Waals surface area (Å²) in [5.41, 5.74) is -0.452. The Morgan fingerprint density at radius 1 is 1.14 bits per heavy atom. The summed E-state index contributed by atoms with van der Waals surface area (Å²) in [5.74, 6) is -1.72. The van der Waals surface area contributed by atoms with Gasteiger partial charge < -0.3 is 15.2 Å². The Balaban J connectivity index is 1.71. The van der Waals surface area contributed by atoms with E-state index in [2.05, 4.69) is 20.0 Å². The van der Waals surface area contributed by atoms with Gasteiger partial charge >= 0.3 is 6.36 Å². The van der Waals surface area contributed by atoms with Crippen LogP contribution in [0.5, 0.6) is 11.5 Å². The number of benzene rings is 2. The Bertz CT molecular complexity index is 1490. The van der Waals surface area contributed by atoms with Gasteiger partial charge in [-0.05, 0) is 24.3 Å². The number of alkyl halides is 3. The minimum atomic E-state index is -4.91. The molecule has 0 radical (unpaired) electrons. The van der Waals surface area contributed by atoms with E-state index in [1.165, 1.54) is 36.7 Å². The fourth-order valence-electron chi connectivity index (χ4n) is 3.24. The van der Waals surface area contributed by atoms with Gasteiger partial charge in [0.05, 0.1) is 34.5 Å². The van der Waals surface area contributed by atoms with E-state index >= 15 is 0 Å². The first-order valence-corrected chi connectivity index (χ1v) is 10.5. The fraction of sp³-hybridized carbons (Fsp3) is 0.0909. The molecule has 13 heteroatoms. The third kappa shape index (κ3) is 5.31. The zero-order valence-corrected chi connectivity index (χ0v) is 18.8. The fourth-order valence-corrected chi connectivity index (χ4v) is 3.67. The van der Waals surface area contributed by atoms with Crippen LogP contribution in [0.25, 0.3) is 10.9 Å². The molecule has 4 rings (SSSR count). The molecule has 0 aliphatic rings. The van der Waals surface area contributed by atoms with Gasteiger partial charge in [0.2, 0.25) is 0 Å². The smallest absolute Gasteiger partial charge is 0.504 e. The van der Waals surface area contributed by atoms with Crippen LogP contribution >= 0.6 is 23.2 Å². The Hall–Kier alpha value is -3.83. The average molecular weight is 525 g/mol. The van der Waals surface area contributed by atoms with Crippen molar-refractivity contribution in [1.29, 1.82) is 0 Å². The Morgan fingerprint density at radius 3 is 2.60 bits per heavy atom. The number of para-hydroxylation sites is 1. The number of anilines is 1. The SMILES string of the molecule is O=C(Nc1cccc2ncn(Cc3ccccc3OC(F)(F)F)c(=O)c12)c1cc(Cl)c(O)c(Cl)n1. The number of amides is 1. The highest BCUT2D eigenvalue weighted by molar-refractivity contribution is 6.36. The first kappa shape index (κ1) is 24.3. The maximum atomic E-state index is 13.2. The van der Waals surface area contributed by atoms with Crippen molar-refractivity contribution >= 4 is 45.7 Å². The van der Waals surface area contributed by atoms with E-state index in [0.717, 1.165) is 16.7 Å². The van der Waals surface area contributed by atoms with Crippen LogP contribution < -0.4 is 15.6 Å². The number of halogens is 5. The molecule has 0 aliphatic carbocycles. The summed E-state index contributed by atoms with van der Waals surface area (Å²) in [6, 6.07) is 11.0. The molecule has 1 amide bonds. The molecule has 0 fully saturated rings. The lowest BCUT2D eigenvalue weighted by Crippen LogP contribution is -2.24. The molecule has 35 heavy (non-hydrogen) atoms. The van der Waals surface area contributed by atoms with E-state index in [9.17, 15) is 27.9 Å². The topological polar surface area (TPSA) is 106 Å². The second-order valence-corrected chi connectivity index (χ2v) is 7.88. The first-order chi connectivity index (χ1) is 16.5. The molecule has 2 heterocycles. The summed E-state index contributed by atoms with van der Waals surface area (Å²) >= 11 is 11.6. The quantitative estimate of drug-likeness (QED) is 0.355. The molecule has 0 atom stereocenters. The monoisotopic (exact) mass is 524 g/mol. The van der Waals surface area contributed by atoms with Gasteiger partial charge in [-0.1, -0.05) is 47.5 Å². The second-order valence-electron chi connectivity index (χ2n) is 7.12. The molecule has 0 spiro atoms. The number of rotatable bonds is 5. The van der Waals surface area contributed by atoms with E-state index in [1.54, 1.807) is 6.07 Å². The Morgan fingerprint density at radius 2 is 1.89 bits per heavy atom. The van der Waals surface area contributed by atoms with E-state index < -0.39 is 29.3 Å². The van der Waals surface area contributed by atoms with Crippen LogP contribution in [0.2, 0.25) is 10.2 Å². The van der Waals surface area contributed by atoms with Crippen LogP contribution in [0, 0.1) is 0 Å². The van der Waals surface area contributed by atoms with Gasteiger partial charge in [-0.2, -0.15) is 0 Å². The van der Waals surface area contributed by atoms with Gasteiger partial charge in [0.25, 0.3) is 11.5 Å². The predicted octanol–water partition coefficient (Wildman–Crippen LogP) is 5.00. The lowest BCUT2D eigenvalue weighted by Gasteiger charge is -2.15. The van der Waals surface area contributed by atoms with E-state index in [-0.39, 0.29) is 44.6 Å². The number of hydrogen-bond acceptors (Lipinski definition) is 6. The summed E-state index contributed by atoms with van der Waals surface area (Å²) < 4.78 is 43.4. The summed E-state index contributed by atoms with van der Waals surface area (Å²) in [5, 5.41) is 11.6. The predicted molar refractivity (Wildman–Crippen MR) is 122 cm³/mol. The number of aromatic nitrogens is 3. The van der Waals surface area contributed by atoms with Crippen LogP contribution in [-0.2, 0) is 6.54 Å². The van der Waals surface area contributed by atoms with Crippen molar-refractivity contribution in [3.05, 3.63) is 86.6 Å². The molecule has 2 N–H and O–H groups in total. The molecule has 0 saturated carbocycles. The molecule has 180 valence electrons. The summed E-state index contributed by atoms with van der Waals surface area (Å²) in [6.07, 6.45) is -3.73. The number of aromatic hydroxyl groups is 1. The van der Waals surface area contributed by atoms with Gasteiger partial charge in [-0.25, -0.2) is 9.97 Å². The highest BCUT2D eigenvalue weighted by Crippen LogP contribution is 2.31. The third-order valence-corrected chi connectivity index (χ3v) is 5.33. The minimum Gasteiger partial charge on any atom is -0.504 e. The summed E-state index contributed by atoms with van der Waals surface area (Å²) in [6.45, 7) is -0.277. The van der Waals surface area contributed by atoms with Crippen LogP contribution in [0.3, 0.4) is 0 Å². The van der Waals surface area contributed by atoms with Crippen molar-refractivity contribution in [2.75, 3.05) is 5.32 Å². The number of carbonyl (C=O) groups excluding carboxylic acids is 1. The van der Waals surface area contributed by atoms with E-state index in [1.807, 2.05) is 0 Å². The molecule has 0 aliphatic heterocycles. The zero-order valence-electron chi connectivity index (χ0n) is 17.3. The number of nitrogens with one attached hydrogen (secondary N) is 1. The lowest BCUT2D eigenvalue weighted by molar-refractivity contribution is -0.274.